The van der Waals surface area contributed by atoms with Crippen LogP contribution >= 0.6 is 0 Å². The highest BCUT2D eigenvalue weighted by Gasteiger charge is 2.61. The summed E-state index contributed by atoms with van der Waals surface area (Å²) in [6.45, 7) is 1.95. The molecule has 0 aromatic heterocycles. The van der Waals surface area contributed by atoms with E-state index in [1.165, 1.54) is 33.8 Å². The number of benzene rings is 2. The number of hydrogen-bond donors (Lipinski definition) is 1. The van der Waals surface area contributed by atoms with Gasteiger partial charge in [-0.15, -0.1) is 0 Å². The van der Waals surface area contributed by atoms with Gasteiger partial charge in [0.05, 0.1) is 18.3 Å². The fraction of sp³-hybridized carbons (Fsp3) is 0.455. The second-order valence-corrected chi connectivity index (χ2v) is 10.6. The summed E-state index contributed by atoms with van der Waals surface area (Å²) in [5.74, 6) is 0. The van der Waals surface area contributed by atoms with Crippen LogP contribution < -0.4 is 4.31 Å². The summed E-state index contributed by atoms with van der Waals surface area (Å²) >= 11 is 0. The van der Waals surface area contributed by atoms with Crippen LogP contribution in [-0.2, 0) is 29.4 Å². The van der Waals surface area contributed by atoms with Crippen LogP contribution in [0.4, 0.5) is 5.69 Å². The number of fused-ring (bicyclic) bond motifs is 1. The second-order valence-electron chi connectivity index (χ2n) is 8.37. The molecule has 2 saturated heterocycles. The first-order chi connectivity index (χ1) is 13.5. The van der Waals surface area contributed by atoms with E-state index in [4.69, 9.17) is 0 Å². The number of sulfonamides is 1. The van der Waals surface area contributed by atoms with Crippen LogP contribution in [0.5, 0.6) is 0 Å². The van der Waals surface area contributed by atoms with Crippen molar-refractivity contribution in [2.75, 3.05) is 23.9 Å². The van der Waals surface area contributed by atoms with Crippen molar-refractivity contribution in [1.82, 2.24) is 4.90 Å². The fourth-order valence-corrected chi connectivity index (χ4v) is 7.42. The number of aliphatic hydroxyl groups is 1. The number of aryl methyl sites for hydroxylation is 2. The molecule has 2 aliphatic heterocycles. The molecule has 2 aromatic rings. The van der Waals surface area contributed by atoms with Crippen LogP contribution in [0.3, 0.4) is 0 Å². The molecular weight excluding hydrogens is 372 g/mol. The second kappa shape index (κ2) is 6.58. The Labute approximate surface area is 166 Å². The van der Waals surface area contributed by atoms with Gasteiger partial charge >= 0.3 is 0 Å². The zero-order valence-electron chi connectivity index (χ0n) is 15.9. The van der Waals surface area contributed by atoms with E-state index in [-0.39, 0.29) is 6.54 Å². The van der Waals surface area contributed by atoms with Gasteiger partial charge in [-0.2, -0.15) is 0 Å². The first-order valence-electron chi connectivity index (χ1n) is 10.1. The third-order valence-electron chi connectivity index (χ3n) is 6.71. The van der Waals surface area contributed by atoms with Crippen molar-refractivity contribution in [1.29, 1.82) is 0 Å². The number of para-hydroxylation sites is 1. The molecule has 2 unspecified atom stereocenters. The number of β-amino-alcohol motifs (C(OH)–C–C–N with tert-alkyl or cyclic N) is 1. The van der Waals surface area contributed by atoms with Gasteiger partial charge in [-0.25, -0.2) is 8.42 Å². The monoisotopic (exact) mass is 398 g/mol. The van der Waals surface area contributed by atoms with Gasteiger partial charge in [0.2, 0.25) is 10.0 Å². The lowest BCUT2D eigenvalue weighted by Gasteiger charge is -2.27. The molecule has 2 atom stereocenters. The SMILES string of the molecule is O=S1(=O)N(c2ccccc2)CC(O)C12CCN(Cc1ccc3c(c1)CCC3)C2. The van der Waals surface area contributed by atoms with Gasteiger partial charge < -0.3 is 5.11 Å². The number of hydrogen-bond acceptors (Lipinski definition) is 4. The van der Waals surface area contributed by atoms with Crippen LogP contribution in [0.15, 0.2) is 48.5 Å². The molecule has 6 heteroatoms. The van der Waals surface area contributed by atoms with Gasteiger partial charge in [0.15, 0.2) is 0 Å². The zero-order chi connectivity index (χ0) is 19.4. The molecule has 5 rings (SSSR count). The number of rotatable bonds is 3. The van der Waals surface area contributed by atoms with Crippen molar-refractivity contribution in [3.63, 3.8) is 0 Å². The summed E-state index contributed by atoms with van der Waals surface area (Å²) in [6, 6.07) is 15.8. The van der Waals surface area contributed by atoms with Crippen molar-refractivity contribution >= 4 is 15.7 Å². The Balaban J connectivity index is 1.38. The van der Waals surface area contributed by atoms with E-state index >= 15 is 0 Å². The number of likely N-dealkylation sites (tertiary alicyclic amines) is 1. The van der Waals surface area contributed by atoms with E-state index in [9.17, 15) is 13.5 Å². The van der Waals surface area contributed by atoms with Gasteiger partial charge in [0.25, 0.3) is 0 Å². The summed E-state index contributed by atoms with van der Waals surface area (Å²) in [6.07, 6.45) is 3.15. The first-order valence-corrected chi connectivity index (χ1v) is 11.5. The fourth-order valence-electron chi connectivity index (χ4n) is 5.13. The Morgan fingerprint density at radius 3 is 2.68 bits per heavy atom. The van der Waals surface area contributed by atoms with E-state index in [1.807, 2.05) is 18.2 Å². The Morgan fingerprint density at radius 2 is 1.86 bits per heavy atom. The number of nitrogens with zero attached hydrogens (tertiary/aromatic N) is 2. The Kier molecular flexibility index (Phi) is 4.27. The van der Waals surface area contributed by atoms with Crippen molar-refractivity contribution in [2.45, 2.75) is 43.1 Å². The third kappa shape index (κ3) is 2.70. The average Bonchev–Trinajstić information content (AvgIpc) is 3.37. The zero-order valence-corrected chi connectivity index (χ0v) is 16.7. The van der Waals surface area contributed by atoms with Crippen LogP contribution in [0.2, 0.25) is 0 Å². The van der Waals surface area contributed by atoms with Crippen LogP contribution in [0.1, 0.15) is 29.5 Å². The highest BCUT2D eigenvalue weighted by atomic mass is 32.2. The maximum Gasteiger partial charge on any atom is 0.244 e. The molecule has 0 saturated carbocycles. The molecule has 3 aliphatic rings. The Hall–Kier alpha value is -1.89. The van der Waals surface area contributed by atoms with E-state index in [2.05, 4.69) is 23.1 Å². The predicted molar refractivity (Wildman–Crippen MR) is 110 cm³/mol. The van der Waals surface area contributed by atoms with Gasteiger partial charge in [-0.1, -0.05) is 36.4 Å². The minimum atomic E-state index is -3.62. The smallest absolute Gasteiger partial charge is 0.244 e. The Bertz CT molecular complexity index is 992. The third-order valence-corrected chi connectivity index (χ3v) is 9.28. The molecule has 5 nitrogen and oxygen atoms in total. The maximum absolute atomic E-state index is 13.4. The summed E-state index contributed by atoms with van der Waals surface area (Å²) < 4.78 is 27.1. The summed E-state index contributed by atoms with van der Waals surface area (Å²) in [7, 11) is -3.62. The molecule has 0 bridgehead atoms. The van der Waals surface area contributed by atoms with E-state index in [0.29, 0.717) is 25.2 Å². The molecule has 0 radical (unpaired) electrons. The molecule has 2 heterocycles. The highest BCUT2D eigenvalue weighted by molar-refractivity contribution is 7.94. The topological polar surface area (TPSA) is 60.9 Å². The molecule has 2 fully saturated rings. The van der Waals surface area contributed by atoms with Crippen molar-refractivity contribution in [3.05, 3.63) is 65.2 Å². The van der Waals surface area contributed by atoms with Gasteiger partial charge in [0, 0.05) is 19.6 Å². The predicted octanol–water partition coefficient (Wildman–Crippen LogP) is 2.33. The first kappa shape index (κ1) is 18.2. The molecule has 28 heavy (non-hydrogen) atoms. The molecular formula is C22H26N2O3S. The van der Waals surface area contributed by atoms with Gasteiger partial charge in [-0.3, -0.25) is 9.21 Å². The lowest BCUT2D eigenvalue weighted by atomic mass is 10.0. The summed E-state index contributed by atoms with van der Waals surface area (Å²) in [4.78, 5) is 2.19. The lowest BCUT2D eigenvalue weighted by molar-refractivity contribution is 0.143. The van der Waals surface area contributed by atoms with Gasteiger partial charge in [-0.05, 0) is 54.5 Å². The minimum absolute atomic E-state index is 0.138. The Morgan fingerprint density at radius 1 is 1.07 bits per heavy atom. The van der Waals surface area contributed by atoms with Crippen molar-refractivity contribution < 1.29 is 13.5 Å². The minimum Gasteiger partial charge on any atom is -0.389 e. The lowest BCUT2D eigenvalue weighted by Crippen LogP contribution is -2.47. The normalized spacial score (nSPS) is 28.9. The molecule has 1 spiro atoms. The van der Waals surface area contributed by atoms with E-state index < -0.39 is 20.9 Å². The molecule has 1 N–H and O–H groups in total. The van der Waals surface area contributed by atoms with Crippen molar-refractivity contribution in [3.8, 4) is 0 Å². The standard InChI is InChI=1S/C22H26N2O3S/c25-21-15-24(20-7-2-1-3-8-20)28(26,27)22(21)11-12-23(16-22)14-17-9-10-18-5-4-6-19(18)13-17/h1-3,7-10,13,21,25H,4-6,11-12,14-16H2. The van der Waals surface area contributed by atoms with Crippen LogP contribution in [0.25, 0.3) is 0 Å². The molecule has 2 aromatic carbocycles. The quantitative estimate of drug-likeness (QED) is 0.862. The molecule has 148 valence electrons. The number of aliphatic hydroxyl groups excluding tert-OH is 1. The van der Waals surface area contributed by atoms with Crippen LogP contribution in [0, 0.1) is 0 Å². The molecule has 1 aliphatic carbocycles. The highest BCUT2D eigenvalue weighted by Crippen LogP contribution is 2.43. The number of anilines is 1. The summed E-state index contributed by atoms with van der Waals surface area (Å²) in [5, 5.41) is 10.8. The van der Waals surface area contributed by atoms with Crippen LogP contribution in [-0.4, -0.2) is 48.9 Å². The maximum atomic E-state index is 13.4. The molecule has 0 amide bonds. The van der Waals surface area contributed by atoms with E-state index in [0.717, 1.165) is 13.0 Å². The van der Waals surface area contributed by atoms with Gasteiger partial charge in [0.1, 0.15) is 4.75 Å². The van der Waals surface area contributed by atoms with Crippen molar-refractivity contribution in [2.24, 2.45) is 0 Å². The largest absolute Gasteiger partial charge is 0.389 e. The average molecular weight is 399 g/mol. The van der Waals surface area contributed by atoms with E-state index in [1.54, 1.807) is 12.1 Å². The summed E-state index contributed by atoms with van der Waals surface area (Å²) in [5.41, 5.74) is 4.77.